The highest BCUT2D eigenvalue weighted by Gasteiger charge is 2.27. The minimum absolute atomic E-state index is 0.228. The Labute approximate surface area is 136 Å². The van der Waals surface area contributed by atoms with Crippen LogP contribution in [0.2, 0.25) is 0 Å². The molecule has 1 aromatic heterocycles. The summed E-state index contributed by atoms with van der Waals surface area (Å²) in [6.07, 6.45) is 4.68. The normalized spacial score (nSPS) is 24.1. The van der Waals surface area contributed by atoms with Gasteiger partial charge >= 0.3 is 0 Å². The summed E-state index contributed by atoms with van der Waals surface area (Å²) >= 11 is 1.80. The molecule has 0 saturated carbocycles. The molecule has 2 aliphatic rings. The van der Waals surface area contributed by atoms with Crippen LogP contribution in [0.3, 0.4) is 0 Å². The van der Waals surface area contributed by atoms with Crippen LogP contribution in [-0.2, 0) is 17.8 Å². The Bertz CT molecular complexity index is 515. The van der Waals surface area contributed by atoms with E-state index in [4.69, 9.17) is 0 Å². The van der Waals surface area contributed by atoms with Gasteiger partial charge in [-0.15, -0.1) is 11.3 Å². The number of aliphatic hydroxyl groups is 1. The van der Waals surface area contributed by atoms with Gasteiger partial charge in [-0.3, -0.25) is 9.69 Å². The predicted octanol–water partition coefficient (Wildman–Crippen LogP) is 2.26. The van der Waals surface area contributed by atoms with Crippen molar-refractivity contribution in [2.45, 2.75) is 57.7 Å². The second kappa shape index (κ2) is 7.11. The van der Waals surface area contributed by atoms with E-state index < -0.39 is 0 Å². The van der Waals surface area contributed by atoms with E-state index in [1.54, 1.807) is 11.3 Å². The molecule has 1 aromatic rings. The summed E-state index contributed by atoms with van der Waals surface area (Å²) in [5, 5.41) is 12.0. The number of piperidine rings is 1. The predicted molar refractivity (Wildman–Crippen MR) is 88.9 cm³/mol. The third kappa shape index (κ3) is 3.53. The Morgan fingerprint density at radius 1 is 1.45 bits per heavy atom. The molecule has 0 radical (unpaired) electrons. The number of fused-ring (bicyclic) bond motifs is 1. The fourth-order valence-electron chi connectivity index (χ4n) is 3.70. The zero-order chi connectivity index (χ0) is 15.5. The van der Waals surface area contributed by atoms with Gasteiger partial charge < -0.3 is 10.0 Å². The summed E-state index contributed by atoms with van der Waals surface area (Å²) in [6, 6.07) is 2.37. The standard InChI is InChI=1S/C17H26N2O2S/c1-13(20)15-4-2-3-8-18(15)10-6-17(21)19-9-5-16-14(12-19)7-11-22-16/h7,11,13,15,20H,2-6,8-10,12H2,1H3. The van der Waals surface area contributed by atoms with E-state index in [0.29, 0.717) is 6.42 Å². The third-order valence-corrected chi connectivity index (χ3v) is 6.02. The summed E-state index contributed by atoms with van der Waals surface area (Å²) in [5.74, 6) is 0.256. The number of carbonyl (C=O) groups is 1. The van der Waals surface area contributed by atoms with Crippen molar-refractivity contribution in [1.82, 2.24) is 9.80 Å². The minimum Gasteiger partial charge on any atom is -0.392 e. The number of hydrogen-bond donors (Lipinski definition) is 1. The molecule has 1 saturated heterocycles. The number of rotatable bonds is 4. The van der Waals surface area contributed by atoms with Gasteiger partial charge in [-0.2, -0.15) is 0 Å². The topological polar surface area (TPSA) is 43.8 Å². The van der Waals surface area contributed by atoms with Crippen molar-refractivity contribution < 1.29 is 9.90 Å². The molecule has 3 heterocycles. The van der Waals surface area contributed by atoms with Crippen LogP contribution in [0.4, 0.5) is 0 Å². The third-order valence-electron chi connectivity index (χ3n) is 4.99. The molecule has 4 nitrogen and oxygen atoms in total. The molecule has 5 heteroatoms. The molecule has 22 heavy (non-hydrogen) atoms. The van der Waals surface area contributed by atoms with Crippen LogP contribution in [0.5, 0.6) is 0 Å². The molecule has 0 aliphatic carbocycles. The summed E-state index contributed by atoms with van der Waals surface area (Å²) in [4.78, 5) is 18.2. The molecule has 2 atom stereocenters. The van der Waals surface area contributed by atoms with Gasteiger partial charge in [-0.25, -0.2) is 0 Å². The highest BCUT2D eigenvalue weighted by molar-refractivity contribution is 7.10. The van der Waals surface area contributed by atoms with Gasteiger partial charge in [0.15, 0.2) is 0 Å². The average molecular weight is 322 g/mol. The lowest BCUT2D eigenvalue weighted by Crippen LogP contribution is -2.47. The highest BCUT2D eigenvalue weighted by Crippen LogP contribution is 2.25. The maximum atomic E-state index is 12.5. The molecule has 3 rings (SSSR count). The average Bonchev–Trinajstić information content (AvgIpc) is 3.00. The molecular weight excluding hydrogens is 296 g/mol. The van der Waals surface area contributed by atoms with Crippen molar-refractivity contribution in [3.63, 3.8) is 0 Å². The van der Waals surface area contributed by atoms with E-state index in [0.717, 1.165) is 39.0 Å². The number of likely N-dealkylation sites (tertiary alicyclic amines) is 1. The van der Waals surface area contributed by atoms with E-state index >= 15 is 0 Å². The molecular formula is C17H26N2O2S. The fourth-order valence-corrected chi connectivity index (χ4v) is 4.59. The number of nitrogens with zero attached hydrogens (tertiary/aromatic N) is 2. The molecule has 0 bridgehead atoms. The first-order valence-corrected chi connectivity index (χ1v) is 9.28. The molecule has 1 amide bonds. The second-order valence-corrected chi connectivity index (χ2v) is 7.52. The molecule has 1 N–H and O–H groups in total. The van der Waals surface area contributed by atoms with E-state index in [2.05, 4.69) is 16.3 Å². The number of hydrogen-bond acceptors (Lipinski definition) is 4. The van der Waals surface area contributed by atoms with E-state index in [1.165, 1.54) is 23.3 Å². The summed E-state index contributed by atoms with van der Waals surface area (Å²) < 4.78 is 0. The smallest absolute Gasteiger partial charge is 0.224 e. The number of amides is 1. The number of carbonyl (C=O) groups excluding carboxylic acids is 1. The summed E-state index contributed by atoms with van der Waals surface area (Å²) in [6.45, 7) is 5.29. The molecule has 2 unspecified atom stereocenters. The van der Waals surface area contributed by atoms with Crippen LogP contribution in [0, 0.1) is 0 Å². The maximum absolute atomic E-state index is 12.5. The van der Waals surface area contributed by atoms with Gasteiger partial charge in [0.1, 0.15) is 0 Å². The number of aliphatic hydroxyl groups excluding tert-OH is 1. The lowest BCUT2D eigenvalue weighted by Gasteiger charge is -2.37. The van der Waals surface area contributed by atoms with Gasteiger partial charge in [-0.1, -0.05) is 6.42 Å². The Hall–Kier alpha value is -0.910. The Balaban J connectivity index is 1.52. The van der Waals surface area contributed by atoms with Crippen molar-refractivity contribution >= 4 is 17.2 Å². The lowest BCUT2D eigenvalue weighted by atomic mass is 9.98. The largest absolute Gasteiger partial charge is 0.392 e. The zero-order valence-corrected chi connectivity index (χ0v) is 14.1. The van der Waals surface area contributed by atoms with E-state index in [-0.39, 0.29) is 18.1 Å². The van der Waals surface area contributed by atoms with Crippen molar-refractivity contribution in [1.29, 1.82) is 0 Å². The molecule has 0 aromatic carbocycles. The van der Waals surface area contributed by atoms with E-state index in [1.807, 2.05) is 11.8 Å². The maximum Gasteiger partial charge on any atom is 0.224 e. The zero-order valence-electron chi connectivity index (χ0n) is 13.3. The monoisotopic (exact) mass is 322 g/mol. The van der Waals surface area contributed by atoms with Crippen molar-refractivity contribution in [2.24, 2.45) is 0 Å². The van der Waals surface area contributed by atoms with Crippen LogP contribution in [0.25, 0.3) is 0 Å². The van der Waals surface area contributed by atoms with Crippen LogP contribution in [-0.4, -0.2) is 52.6 Å². The van der Waals surface area contributed by atoms with Crippen molar-refractivity contribution in [3.8, 4) is 0 Å². The van der Waals surface area contributed by atoms with Crippen LogP contribution in [0.15, 0.2) is 11.4 Å². The first-order chi connectivity index (χ1) is 10.6. The molecule has 122 valence electrons. The Morgan fingerprint density at radius 2 is 2.32 bits per heavy atom. The van der Waals surface area contributed by atoms with Gasteiger partial charge in [0, 0.05) is 37.0 Å². The SMILES string of the molecule is CC(O)C1CCCCN1CCC(=O)N1CCc2sccc2C1. The Kier molecular flexibility index (Phi) is 5.16. The molecule has 2 aliphatic heterocycles. The molecule has 1 fully saturated rings. The molecule has 0 spiro atoms. The first-order valence-electron chi connectivity index (χ1n) is 8.40. The van der Waals surface area contributed by atoms with Crippen molar-refractivity contribution in [3.05, 3.63) is 21.9 Å². The highest BCUT2D eigenvalue weighted by atomic mass is 32.1. The fraction of sp³-hybridized carbons (Fsp3) is 0.706. The van der Waals surface area contributed by atoms with E-state index in [9.17, 15) is 9.90 Å². The quantitative estimate of drug-likeness (QED) is 0.925. The van der Waals surface area contributed by atoms with Gasteiger partial charge in [-0.05, 0) is 49.7 Å². The number of thiophene rings is 1. The van der Waals surface area contributed by atoms with Gasteiger partial charge in [0.2, 0.25) is 5.91 Å². The first kappa shape index (κ1) is 16.0. The second-order valence-electron chi connectivity index (χ2n) is 6.52. The van der Waals surface area contributed by atoms with Crippen LogP contribution in [0.1, 0.15) is 43.0 Å². The van der Waals surface area contributed by atoms with Gasteiger partial charge in [0.05, 0.1) is 6.10 Å². The summed E-state index contributed by atoms with van der Waals surface area (Å²) in [7, 11) is 0. The lowest BCUT2D eigenvalue weighted by molar-refractivity contribution is -0.132. The van der Waals surface area contributed by atoms with Crippen LogP contribution < -0.4 is 0 Å². The van der Waals surface area contributed by atoms with Crippen molar-refractivity contribution in [2.75, 3.05) is 19.6 Å². The minimum atomic E-state index is -0.307. The summed E-state index contributed by atoms with van der Waals surface area (Å²) in [5.41, 5.74) is 1.32. The van der Waals surface area contributed by atoms with Gasteiger partial charge in [0.25, 0.3) is 0 Å². The van der Waals surface area contributed by atoms with Crippen LogP contribution >= 0.6 is 11.3 Å². The Morgan fingerprint density at radius 3 is 3.14 bits per heavy atom.